The van der Waals surface area contributed by atoms with Crippen LogP contribution in [0.3, 0.4) is 0 Å². The zero-order valence-electron chi connectivity index (χ0n) is 21.7. The molecule has 41 heavy (non-hydrogen) atoms. The fraction of sp³-hybridized carbons (Fsp3) is 0.200. The van der Waals surface area contributed by atoms with Gasteiger partial charge in [0.15, 0.2) is 0 Å². The largest absolute Gasteiger partial charge is 0.461 e. The van der Waals surface area contributed by atoms with E-state index in [0.717, 1.165) is 27.7 Å². The van der Waals surface area contributed by atoms with E-state index in [9.17, 15) is 26.7 Å². The molecule has 11 heteroatoms. The summed E-state index contributed by atoms with van der Waals surface area (Å²) < 4.78 is 73.5. The number of amides is 2. The summed E-state index contributed by atoms with van der Waals surface area (Å²) in [6, 6.07) is 21.3. The first-order valence-electron chi connectivity index (χ1n) is 12.5. The summed E-state index contributed by atoms with van der Waals surface area (Å²) in [5, 5.41) is 5.65. The molecule has 0 radical (unpaired) electrons. The molecular weight excluding hydrogens is 656 g/mol. The number of aryl methyl sites for hydroxylation is 1. The third-order valence-corrected chi connectivity index (χ3v) is 6.91. The second kappa shape index (κ2) is 12.8. The lowest BCUT2D eigenvalue weighted by Gasteiger charge is -2.36. The monoisotopic (exact) mass is 681 g/mol. The van der Waals surface area contributed by atoms with E-state index in [2.05, 4.69) is 20.4 Å². The highest BCUT2D eigenvalue weighted by molar-refractivity contribution is 14.1. The average molecular weight is 681 g/mol. The van der Waals surface area contributed by atoms with Crippen molar-refractivity contribution in [1.29, 1.82) is 0 Å². The van der Waals surface area contributed by atoms with Crippen LogP contribution in [-0.2, 0) is 18.4 Å². The van der Waals surface area contributed by atoms with E-state index in [4.69, 9.17) is 0 Å². The zero-order valence-corrected chi connectivity index (χ0v) is 23.8. The number of nitrogens with zero attached hydrogens (tertiary/aromatic N) is 1. The first-order chi connectivity index (χ1) is 19.5. The summed E-state index contributed by atoms with van der Waals surface area (Å²) in [6.45, 7) is 1.97. The van der Waals surface area contributed by atoms with Crippen LogP contribution < -0.4 is 15.4 Å². The average Bonchev–Trinajstić information content (AvgIpc) is 2.93. The Bertz CT molecular complexity index is 1490. The lowest BCUT2D eigenvalue weighted by Crippen LogP contribution is -2.50. The molecule has 0 unspecified atom stereocenters. The van der Waals surface area contributed by atoms with Crippen molar-refractivity contribution in [3.63, 3.8) is 0 Å². The van der Waals surface area contributed by atoms with Crippen LogP contribution in [0.1, 0.15) is 29.3 Å². The van der Waals surface area contributed by atoms with Gasteiger partial charge in [0.05, 0.1) is 5.69 Å². The zero-order chi connectivity index (χ0) is 29.6. The Balaban J connectivity index is 1.87. The van der Waals surface area contributed by atoms with E-state index < -0.39 is 35.7 Å². The smallest absolute Gasteiger partial charge is 0.428 e. The molecule has 0 saturated heterocycles. The van der Waals surface area contributed by atoms with Crippen molar-refractivity contribution in [1.82, 2.24) is 10.3 Å². The number of carbonyl (C=O) groups is 1. The Hall–Kier alpha value is -3.74. The van der Waals surface area contributed by atoms with Crippen molar-refractivity contribution >= 4 is 34.3 Å². The van der Waals surface area contributed by atoms with Gasteiger partial charge in [0, 0.05) is 27.9 Å². The molecule has 0 aliphatic rings. The van der Waals surface area contributed by atoms with Gasteiger partial charge in [-0.3, -0.25) is 4.98 Å². The Kier molecular flexibility index (Phi) is 9.46. The van der Waals surface area contributed by atoms with Crippen molar-refractivity contribution < 1.29 is 31.5 Å². The molecule has 4 aromatic rings. The maximum atomic E-state index is 15.0. The normalized spacial score (nSPS) is 13.0. The number of ether oxygens (including phenoxy) is 1. The van der Waals surface area contributed by atoms with E-state index in [1.165, 1.54) is 6.20 Å². The summed E-state index contributed by atoms with van der Waals surface area (Å²) in [5.74, 6) is -1.88. The summed E-state index contributed by atoms with van der Waals surface area (Å²) >= 11 is 2.04. The quantitative estimate of drug-likeness (QED) is 0.132. The van der Waals surface area contributed by atoms with Crippen LogP contribution in [-0.4, -0.2) is 23.5 Å². The number of aromatic nitrogens is 1. The number of hydrogen-bond acceptors (Lipinski definition) is 3. The van der Waals surface area contributed by atoms with Gasteiger partial charge in [0.2, 0.25) is 0 Å². The number of nitrogens with one attached hydrogen (secondary N) is 2. The minimum absolute atomic E-state index is 0.00200. The number of urea groups is 1. The molecule has 0 saturated carbocycles. The molecule has 0 aliphatic heterocycles. The van der Waals surface area contributed by atoms with Crippen LogP contribution in [0.2, 0.25) is 0 Å². The minimum Gasteiger partial charge on any atom is -0.428 e. The lowest BCUT2D eigenvalue weighted by atomic mass is 9.80. The van der Waals surface area contributed by atoms with E-state index in [1.54, 1.807) is 60.7 Å². The van der Waals surface area contributed by atoms with Gasteiger partial charge < -0.3 is 15.4 Å². The SMILES string of the molecule is CCc1cccc(NC(=O)N[C@](Cc2ccccc2)(c2cc(F)cc(OC(F)(F)C(F)F)c2)c2ccc(I)cn2)c1. The van der Waals surface area contributed by atoms with E-state index in [1.807, 2.05) is 35.6 Å². The van der Waals surface area contributed by atoms with Gasteiger partial charge >= 0.3 is 18.6 Å². The first-order valence-corrected chi connectivity index (χ1v) is 13.6. The molecule has 0 fully saturated rings. The number of halogens is 6. The van der Waals surface area contributed by atoms with Crippen LogP contribution in [0.15, 0.2) is 91.1 Å². The molecule has 5 nitrogen and oxygen atoms in total. The highest BCUT2D eigenvalue weighted by Gasteiger charge is 2.45. The third kappa shape index (κ3) is 7.51. The molecule has 2 N–H and O–H groups in total. The highest BCUT2D eigenvalue weighted by Crippen LogP contribution is 2.37. The number of anilines is 1. The summed E-state index contributed by atoms with van der Waals surface area (Å²) in [5.41, 5.74) is 0.698. The molecule has 0 aliphatic carbocycles. The van der Waals surface area contributed by atoms with Gasteiger partial charge in [0.25, 0.3) is 0 Å². The van der Waals surface area contributed by atoms with Crippen molar-refractivity contribution in [3.8, 4) is 5.75 Å². The van der Waals surface area contributed by atoms with Crippen molar-refractivity contribution in [2.75, 3.05) is 5.32 Å². The minimum atomic E-state index is -4.87. The van der Waals surface area contributed by atoms with E-state index in [-0.39, 0.29) is 17.7 Å². The fourth-order valence-corrected chi connectivity index (χ4v) is 4.67. The second-order valence-electron chi connectivity index (χ2n) is 9.20. The van der Waals surface area contributed by atoms with E-state index in [0.29, 0.717) is 17.3 Å². The summed E-state index contributed by atoms with van der Waals surface area (Å²) in [4.78, 5) is 18.0. The molecule has 214 valence electrons. The Morgan fingerprint density at radius 2 is 1.71 bits per heavy atom. The van der Waals surface area contributed by atoms with Crippen LogP contribution in [0, 0.1) is 9.39 Å². The number of benzene rings is 3. The Morgan fingerprint density at radius 1 is 0.976 bits per heavy atom. The summed E-state index contributed by atoms with van der Waals surface area (Å²) in [6.07, 6.45) is -6.76. The highest BCUT2D eigenvalue weighted by atomic mass is 127. The fourth-order valence-electron chi connectivity index (χ4n) is 4.35. The molecule has 3 aromatic carbocycles. The van der Waals surface area contributed by atoms with Gasteiger partial charge in [0.1, 0.15) is 17.1 Å². The standard InChI is InChI=1S/C30H25F5IN3O2/c1-2-19-9-6-10-24(13-19)38-28(40)39-29(17-20-7-4-3-5-8-20,26-12-11-23(36)18-37-26)21-14-22(31)16-25(15-21)41-30(34,35)27(32)33/h3-16,18,27H,2,17H2,1H3,(H2,38,39,40)/t29-/m1/s1. The van der Waals surface area contributed by atoms with E-state index >= 15 is 0 Å². The predicted octanol–water partition coefficient (Wildman–Crippen LogP) is 7.93. The van der Waals surface area contributed by atoms with Gasteiger partial charge in [-0.2, -0.15) is 17.6 Å². The second-order valence-corrected chi connectivity index (χ2v) is 10.4. The first kappa shape index (κ1) is 30.2. The van der Waals surface area contributed by atoms with Gasteiger partial charge in [-0.25, -0.2) is 9.18 Å². The summed E-state index contributed by atoms with van der Waals surface area (Å²) in [7, 11) is 0. The molecule has 1 heterocycles. The topological polar surface area (TPSA) is 63.2 Å². The molecule has 4 rings (SSSR count). The van der Waals surface area contributed by atoms with Crippen LogP contribution in [0.25, 0.3) is 0 Å². The molecule has 0 spiro atoms. The number of pyridine rings is 1. The number of rotatable bonds is 10. The molecular formula is C30H25F5IN3O2. The van der Waals surface area contributed by atoms with Crippen LogP contribution in [0.4, 0.5) is 32.4 Å². The number of alkyl halides is 4. The lowest BCUT2D eigenvalue weighted by molar-refractivity contribution is -0.253. The predicted molar refractivity (Wildman–Crippen MR) is 154 cm³/mol. The van der Waals surface area contributed by atoms with Crippen LogP contribution in [0.5, 0.6) is 5.75 Å². The van der Waals surface area contributed by atoms with Crippen molar-refractivity contribution in [3.05, 3.63) is 123 Å². The number of hydrogen-bond donors (Lipinski definition) is 2. The van der Waals surface area contributed by atoms with Crippen LogP contribution >= 0.6 is 22.6 Å². The van der Waals surface area contributed by atoms with Gasteiger partial charge in [-0.1, -0.05) is 49.4 Å². The number of carbonyl (C=O) groups excluding carboxylic acids is 1. The van der Waals surface area contributed by atoms with Gasteiger partial charge in [-0.15, -0.1) is 0 Å². The molecule has 1 aromatic heterocycles. The van der Waals surface area contributed by atoms with Gasteiger partial charge in [-0.05, 0) is 82.1 Å². The maximum Gasteiger partial charge on any atom is 0.461 e. The Morgan fingerprint density at radius 3 is 2.37 bits per heavy atom. The van der Waals surface area contributed by atoms with Crippen molar-refractivity contribution in [2.45, 2.75) is 37.8 Å². The Labute approximate surface area is 247 Å². The molecule has 0 bridgehead atoms. The third-order valence-electron chi connectivity index (χ3n) is 6.27. The van der Waals surface area contributed by atoms with Crippen molar-refractivity contribution in [2.24, 2.45) is 0 Å². The maximum absolute atomic E-state index is 15.0. The molecule has 2 amide bonds. The molecule has 1 atom stereocenters.